The fraction of sp³-hybridized carbons (Fsp3) is 0.750. The molecule has 17 nitrogen and oxygen atoms in total. The predicted octanol–water partition coefficient (Wildman–Crippen LogP) is 0.705. The molecular weight excluding hydrogens is 589 g/mol. The number of esters is 5. The Kier molecular flexibility index (Phi) is 14.5. The summed E-state index contributed by atoms with van der Waals surface area (Å²) in [6.07, 6.45) is -7.40. The summed E-state index contributed by atoms with van der Waals surface area (Å²) in [6.45, 7) is 7.07. The maximum absolute atomic E-state index is 13.5. The Morgan fingerprint density at radius 2 is 1.48 bits per heavy atom. The van der Waals surface area contributed by atoms with Gasteiger partial charge in [0.1, 0.15) is 18.8 Å². The number of phosphoric acid groups is 1. The summed E-state index contributed by atoms with van der Waals surface area (Å²) < 4.78 is 61.3. The van der Waals surface area contributed by atoms with Crippen molar-refractivity contribution in [1.29, 1.82) is 0 Å². The van der Waals surface area contributed by atoms with Crippen molar-refractivity contribution in [3.63, 3.8) is 0 Å². The van der Waals surface area contributed by atoms with Crippen molar-refractivity contribution < 1.29 is 75.3 Å². The average Bonchev–Trinajstić information content (AvgIpc) is 2.85. The highest BCUT2D eigenvalue weighted by atomic mass is 31.2. The topological polar surface area (TPSA) is 215 Å². The van der Waals surface area contributed by atoms with Gasteiger partial charge in [-0.25, -0.2) is 13.9 Å². The van der Waals surface area contributed by atoms with Gasteiger partial charge in [-0.15, -0.1) is 0 Å². The zero-order chi connectivity index (χ0) is 32.3. The van der Waals surface area contributed by atoms with Crippen LogP contribution in [0.3, 0.4) is 0 Å². The van der Waals surface area contributed by atoms with Crippen LogP contribution >= 0.6 is 7.82 Å². The molecule has 1 rings (SSSR count). The van der Waals surface area contributed by atoms with Gasteiger partial charge in [-0.1, -0.05) is 0 Å². The molecule has 0 aromatic heterocycles. The molecule has 18 heteroatoms. The lowest BCUT2D eigenvalue weighted by molar-refractivity contribution is -0.293. The quantitative estimate of drug-likeness (QED) is 0.150. The highest BCUT2D eigenvalue weighted by molar-refractivity contribution is 7.48. The van der Waals surface area contributed by atoms with Crippen LogP contribution in [0, 0.1) is 0 Å². The van der Waals surface area contributed by atoms with Crippen LogP contribution in [0.25, 0.3) is 0 Å². The number of rotatable bonds is 15. The molecule has 0 spiro atoms. The van der Waals surface area contributed by atoms with E-state index in [1.807, 2.05) is 0 Å². The smallest absolute Gasteiger partial charge is 0.465 e. The number of nitrogens with one attached hydrogen (secondary N) is 1. The van der Waals surface area contributed by atoms with Crippen LogP contribution in [0.5, 0.6) is 0 Å². The van der Waals surface area contributed by atoms with E-state index in [0.717, 1.165) is 41.7 Å². The van der Waals surface area contributed by atoms with Gasteiger partial charge in [-0.3, -0.25) is 33.0 Å². The molecular formula is C24H38NO16P. The summed E-state index contributed by atoms with van der Waals surface area (Å²) in [5.41, 5.74) is 0. The third kappa shape index (κ3) is 10.9. The van der Waals surface area contributed by atoms with Crippen LogP contribution < -0.4 is 5.32 Å². The first-order valence-electron chi connectivity index (χ1n) is 12.8. The predicted molar refractivity (Wildman–Crippen MR) is 137 cm³/mol. The molecule has 0 aromatic rings. The molecule has 0 aromatic carbocycles. The molecule has 0 saturated carbocycles. The van der Waals surface area contributed by atoms with Gasteiger partial charge in [0.25, 0.3) is 5.79 Å². The van der Waals surface area contributed by atoms with E-state index in [2.05, 4.69) is 5.32 Å². The largest absolute Gasteiger partial charge is 0.477 e. The van der Waals surface area contributed by atoms with Gasteiger partial charge in [-0.2, -0.15) is 0 Å². The summed E-state index contributed by atoms with van der Waals surface area (Å²) in [7, 11) is -3.65. The van der Waals surface area contributed by atoms with Gasteiger partial charge in [-0.05, 0) is 13.8 Å². The molecule has 6 atom stereocenters. The summed E-state index contributed by atoms with van der Waals surface area (Å²) >= 11 is 0. The number of carbonyl (C=O) groups is 6. The van der Waals surface area contributed by atoms with Gasteiger partial charge < -0.3 is 33.7 Å². The normalized spacial score (nSPS) is 23.5. The minimum Gasteiger partial charge on any atom is -0.465 e. The molecule has 42 heavy (non-hydrogen) atoms. The monoisotopic (exact) mass is 627 g/mol. The van der Waals surface area contributed by atoms with Crippen molar-refractivity contribution in [1.82, 2.24) is 5.32 Å². The highest BCUT2D eigenvalue weighted by Crippen LogP contribution is 2.55. The van der Waals surface area contributed by atoms with E-state index in [-0.39, 0.29) is 13.2 Å². The molecule has 240 valence electrons. The highest BCUT2D eigenvalue weighted by Gasteiger charge is 2.61. The Morgan fingerprint density at radius 1 is 0.905 bits per heavy atom. The summed E-state index contributed by atoms with van der Waals surface area (Å²) in [6, 6.07) is -1.42. The molecule has 1 N–H and O–H groups in total. The lowest BCUT2D eigenvalue weighted by Gasteiger charge is -2.48. The summed E-state index contributed by atoms with van der Waals surface area (Å²) in [5, 5.41) is 2.50. The van der Waals surface area contributed by atoms with Gasteiger partial charge in [0.15, 0.2) is 12.2 Å². The Balaban J connectivity index is 3.99. The maximum atomic E-state index is 13.5. The Bertz CT molecular complexity index is 1040. The van der Waals surface area contributed by atoms with E-state index in [0.29, 0.717) is 0 Å². The second-order valence-corrected chi connectivity index (χ2v) is 10.4. The van der Waals surface area contributed by atoms with E-state index in [1.165, 1.54) is 13.8 Å². The molecule has 1 amide bonds. The Hall–Kier alpha value is -3.11. The first-order valence-corrected chi connectivity index (χ1v) is 14.3. The SMILES string of the molecule is CCOP(=O)(OCC)O[C@]1(C(=O)OC)C[C@H](OC(C)=O)[C@@H](NC(C)=O)[C@@H]([C@H](OC(C)=O)[C@@H](COC(C)=O)OC(C)=O)O1. The third-order valence-electron chi connectivity index (χ3n) is 5.33. The first kappa shape index (κ1) is 36.9. The van der Waals surface area contributed by atoms with E-state index < -0.39 is 92.8 Å². The van der Waals surface area contributed by atoms with Gasteiger partial charge in [0.2, 0.25) is 5.91 Å². The lowest BCUT2D eigenvalue weighted by atomic mass is 9.88. The molecule has 0 radical (unpaired) electrons. The number of hydrogen-bond acceptors (Lipinski definition) is 16. The molecule has 1 heterocycles. The average molecular weight is 628 g/mol. The van der Waals surface area contributed by atoms with E-state index in [1.54, 1.807) is 0 Å². The van der Waals surface area contributed by atoms with Crippen molar-refractivity contribution in [3.8, 4) is 0 Å². The standard InChI is InChI=1S/C24H38NO16P/c1-9-35-42(32,36-10-2)41-24(23(31)33-8)11-18(37-15(5)28)20(25-13(3)26)22(40-24)21(39-17(7)30)19(38-16(6)29)12-34-14(4)27/h18-22H,9-12H2,1-8H3,(H,25,26)/t18-,19+,20+,21+,22-,24-/m0/s1. The number of amides is 1. The lowest BCUT2D eigenvalue weighted by Crippen LogP contribution is -2.69. The van der Waals surface area contributed by atoms with Crippen molar-refractivity contribution in [2.24, 2.45) is 0 Å². The van der Waals surface area contributed by atoms with Gasteiger partial charge in [0.05, 0.1) is 32.8 Å². The van der Waals surface area contributed by atoms with Crippen molar-refractivity contribution in [2.75, 3.05) is 26.9 Å². The Morgan fingerprint density at radius 3 is 1.90 bits per heavy atom. The van der Waals surface area contributed by atoms with Gasteiger partial charge >= 0.3 is 37.7 Å². The van der Waals surface area contributed by atoms with Crippen LogP contribution in [0.2, 0.25) is 0 Å². The second-order valence-electron chi connectivity index (χ2n) is 8.80. The third-order valence-corrected chi connectivity index (χ3v) is 7.00. The fourth-order valence-electron chi connectivity index (χ4n) is 4.08. The molecule has 1 aliphatic heterocycles. The van der Waals surface area contributed by atoms with Crippen molar-refractivity contribution in [3.05, 3.63) is 0 Å². The maximum Gasteiger partial charge on any atom is 0.477 e. The minimum atomic E-state index is -4.60. The summed E-state index contributed by atoms with van der Waals surface area (Å²) in [5.74, 6) is -8.27. The fourth-order valence-corrected chi connectivity index (χ4v) is 5.44. The van der Waals surface area contributed by atoms with Crippen LogP contribution in [-0.2, 0) is 75.3 Å². The molecule has 1 aliphatic rings. The minimum absolute atomic E-state index is 0.202. The number of phosphoric ester groups is 1. The summed E-state index contributed by atoms with van der Waals surface area (Å²) in [4.78, 5) is 73.6. The van der Waals surface area contributed by atoms with Crippen molar-refractivity contribution in [2.45, 2.75) is 91.1 Å². The zero-order valence-corrected chi connectivity index (χ0v) is 25.6. The van der Waals surface area contributed by atoms with Crippen molar-refractivity contribution >= 4 is 43.6 Å². The van der Waals surface area contributed by atoms with E-state index in [4.69, 9.17) is 42.0 Å². The molecule has 1 saturated heterocycles. The molecule has 0 aliphatic carbocycles. The van der Waals surface area contributed by atoms with Crippen LogP contribution in [0.4, 0.5) is 0 Å². The first-order chi connectivity index (χ1) is 19.5. The van der Waals surface area contributed by atoms with Gasteiger partial charge in [0, 0.05) is 34.6 Å². The molecule has 1 fully saturated rings. The van der Waals surface area contributed by atoms with E-state index in [9.17, 15) is 33.3 Å². The number of hydrogen-bond donors (Lipinski definition) is 1. The van der Waals surface area contributed by atoms with Crippen LogP contribution in [0.1, 0.15) is 54.9 Å². The zero-order valence-electron chi connectivity index (χ0n) is 24.7. The second kappa shape index (κ2) is 16.5. The molecule has 0 bridgehead atoms. The van der Waals surface area contributed by atoms with Crippen LogP contribution in [0.15, 0.2) is 0 Å². The Labute approximate surface area is 242 Å². The number of methoxy groups -OCH3 is 1. The number of ether oxygens (including phenoxy) is 6. The van der Waals surface area contributed by atoms with Crippen LogP contribution in [-0.4, -0.2) is 98.9 Å². The number of carbonyl (C=O) groups excluding carboxylic acids is 6. The molecule has 0 unspecified atom stereocenters. The van der Waals surface area contributed by atoms with E-state index >= 15 is 0 Å².